The van der Waals surface area contributed by atoms with Crippen LogP contribution < -0.4 is 11.1 Å². The predicted molar refractivity (Wildman–Crippen MR) is 65.4 cm³/mol. The number of aryl methyl sites for hydroxylation is 1. The van der Waals surface area contributed by atoms with Gasteiger partial charge < -0.3 is 11.1 Å². The Morgan fingerprint density at radius 3 is 2.69 bits per heavy atom. The highest BCUT2D eigenvalue weighted by Crippen LogP contribution is 2.16. The zero-order chi connectivity index (χ0) is 12.3. The number of aromatic nitrogens is 1. The number of carbonyl (C=O) groups excluding carboxylic acids is 1. The maximum absolute atomic E-state index is 11.7. The molecule has 1 amide bonds. The van der Waals surface area contributed by atoms with Crippen molar-refractivity contribution in [2.75, 3.05) is 5.32 Å². The minimum atomic E-state index is -0.518. The van der Waals surface area contributed by atoms with Crippen LogP contribution in [-0.4, -0.2) is 16.9 Å². The van der Waals surface area contributed by atoms with Gasteiger partial charge in [-0.1, -0.05) is 25.4 Å². The molecule has 0 fully saturated rings. The lowest BCUT2D eigenvalue weighted by atomic mass is 10.1. The molecule has 1 atom stereocenters. The van der Waals surface area contributed by atoms with Crippen molar-refractivity contribution in [2.24, 2.45) is 11.7 Å². The molecule has 0 saturated carbocycles. The molecule has 1 aromatic rings. The first-order chi connectivity index (χ1) is 7.41. The summed E-state index contributed by atoms with van der Waals surface area (Å²) in [6.07, 6.45) is 1.51. The van der Waals surface area contributed by atoms with Gasteiger partial charge in [0.05, 0.1) is 17.9 Å². The molecule has 16 heavy (non-hydrogen) atoms. The molecule has 5 heteroatoms. The van der Waals surface area contributed by atoms with Gasteiger partial charge in [0.2, 0.25) is 5.91 Å². The minimum Gasteiger partial charge on any atom is -0.323 e. The molecule has 1 rings (SSSR count). The smallest absolute Gasteiger partial charge is 0.241 e. The molecule has 0 bridgehead atoms. The SMILES string of the molecule is Cc1cc(NC(=O)[C@@H](N)C(C)C)cnc1Cl. The van der Waals surface area contributed by atoms with Crippen LogP contribution in [0.2, 0.25) is 5.15 Å². The van der Waals surface area contributed by atoms with Gasteiger partial charge in [0, 0.05) is 0 Å². The van der Waals surface area contributed by atoms with Crippen molar-refractivity contribution >= 4 is 23.2 Å². The summed E-state index contributed by atoms with van der Waals surface area (Å²) in [5.41, 5.74) is 7.15. The topological polar surface area (TPSA) is 68.0 Å². The Hall–Kier alpha value is -1.13. The van der Waals surface area contributed by atoms with Gasteiger partial charge in [-0.05, 0) is 24.5 Å². The summed E-state index contributed by atoms with van der Waals surface area (Å²) in [5, 5.41) is 3.14. The van der Waals surface area contributed by atoms with Crippen molar-refractivity contribution in [3.8, 4) is 0 Å². The minimum absolute atomic E-state index is 0.0985. The van der Waals surface area contributed by atoms with Crippen molar-refractivity contribution < 1.29 is 4.79 Å². The zero-order valence-electron chi connectivity index (χ0n) is 9.62. The van der Waals surface area contributed by atoms with E-state index in [1.165, 1.54) is 6.20 Å². The summed E-state index contributed by atoms with van der Waals surface area (Å²) in [5.74, 6) is -0.111. The maximum Gasteiger partial charge on any atom is 0.241 e. The van der Waals surface area contributed by atoms with Crippen molar-refractivity contribution in [1.82, 2.24) is 4.98 Å². The third-order valence-corrected chi connectivity index (χ3v) is 2.70. The van der Waals surface area contributed by atoms with Crippen molar-refractivity contribution in [3.05, 3.63) is 23.0 Å². The Balaban J connectivity index is 2.74. The normalized spacial score (nSPS) is 12.6. The van der Waals surface area contributed by atoms with Gasteiger partial charge in [-0.25, -0.2) is 4.98 Å². The third kappa shape index (κ3) is 3.18. The van der Waals surface area contributed by atoms with Crippen LogP contribution in [0.25, 0.3) is 0 Å². The Morgan fingerprint density at radius 1 is 1.56 bits per heavy atom. The van der Waals surface area contributed by atoms with E-state index in [-0.39, 0.29) is 11.8 Å². The van der Waals surface area contributed by atoms with E-state index >= 15 is 0 Å². The van der Waals surface area contributed by atoms with Crippen LogP contribution in [0.1, 0.15) is 19.4 Å². The fourth-order valence-electron chi connectivity index (χ4n) is 1.15. The number of rotatable bonds is 3. The lowest BCUT2D eigenvalue weighted by molar-refractivity contribution is -0.118. The van der Waals surface area contributed by atoms with E-state index < -0.39 is 6.04 Å². The lowest BCUT2D eigenvalue weighted by Gasteiger charge is -2.15. The van der Waals surface area contributed by atoms with Gasteiger partial charge in [-0.2, -0.15) is 0 Å². The first-order valence-electron chi connectivity index (χ1n) is 5.10. The van der Waals surface area contributed by atoms with Gasteiger partial charge in [-0.3, -0.25) is 4.79 Å². The second kappa shape index (κ2) is 5.27. The first-order valence-corrected chi connectivity index (χ1v) is 5.48. The van der Waals surface area contributed by atoms with E-state index in [2.05, 4.69) is 10.3 Å². The van der Waals surface area contributed by atoms with Crippen LogP contribution in [0.4, 0.5) is 5.69 Å². The predicted octanol–water partition coefficient (Wildman–Crippen LogP) is 1.97. The molecule has 0 aliphatic carbocycles. The number of halogens is 1. The van der Waals surface area contributed by atoms with Crippen molar-refractivity contribution in [2.45, 2.75) is 26.8 Å². The van der Waals surface area contributed by atoms with Crippen molar-refractivity contribution in [3.63, 3.8) is 0 Å². The quantitative estimate of drug-likeness (QED) is 0.795. The molecule has 0 aliphatic rings. The fourth-order valence-corrected chi connectivity index (χ4v) is 1.26. The molecule has 88 valence electrons. The Morgan fingerprint density at radius 2 is 2.19 bits per heavy atom. The Bertz CT molecular complexity index is 393. The second-order valence-electron chi connectivity index (χ2n) is 4.09. The number of hydrogen-bond acceptors (Lipinski definition) is 3. The van der Waals surface area contributed by atoms with Crippen LogP contribution in [0.3, 0.4) is 0 Å². The van der Waals surface area contributed by atoms with Gasteiger partial charge in [-0.15, -0.1) is 0 Å². The highest BCUT2D eigenvalue weighted by atomic mass is 35.5. The number of nitrogens with two attached hydrogens (primary N) is 1. The summed E-state index contributed by atoms with van der Waals surface area (Å²) in [6.45, 7) is 5.62. The maximum atomic E-state index is 11.7. The molecular weight excluding hydrogens is 226 g/mol. The van der Waals surface area contributed by atoms with E-state index in [0.29, 0.717) is 10.8 Å². The number of nitrogens with zero attached hydrogens (tertiary/aromatic N) is 1. The van der Waals surface area contributed by atoms with E-state index in [1.807, 2.05) is 20.8 Å². The average Bonchev–Trinajstić information content (AvgIpc) is 2.22. The van der Waals surface area contributed by atoms with Gasteiger partial charge in [0.25, 0.3) is 0 Å². The molecule has 1 heterocycles. The largest absolute Gasteiger partial charge is 0.323 e. The number of pyridine rings is 1. The summed E-state index contributed by atoms with van der Waals surface area (Å²) in [6, 6.07) is 1.25. The molecule has 0 aliphatic heterocycles. The monoisotopic (exact) mass is 241 g/mol. The number of anilines is 1. The second-order valence-corrected chi connectivity index (χ2v) is 4.45. The number of nitrogens with one attached hydrogen (secondary N) is 1. The Labute approximate surface area is 100 Å². The summed E-state index contributed by atoms with van der Waals surface area (Å²) in [4.78, 5) is 15.6. The summed E-state index contributed by atoms with van der Waals surface area (Å²) < 4.78 is 0. The molecule has 3 N–H and O–H groups in total. The first kappa shape index (κ1) is 12.9. The van der Waals surface area contributed by atoms with Gasteiger partial charge >= 0.3 is 0 Å². The van der Waals surface area contributed by atoms with E-state index in [4.69, 9.17) is 17.3 Å². The highest BCUT2D eigenvalue weighted by Gasteiger charge is 2.17. The van der Waals surface area contributed by atoms with E-state index in [0.717, 1.165) is 5.56 Å². The van der Waals surface area contributed by atoms with Crippen LogP contribution >= 0.6 is 11.6 Å². The Kier molecular flexibility index (Phi) is 4.26. The fraction of sp³-hybridized carbons (Fsp3) is 0.455. The number of hydrogen-bond donors (Lipinski definition) is 2. The summed E-state index contributed by atoms with van der Waals surface area (Å²) >= 11 is 5.78. The van der Waals surface area contributed by atoms with Crippen LogP contribution in [0, 0.1) is 12.8 Å². The molecule has 0 radical (unpaired) electrons. The van der Waals surface area contributed by atoms with Crippen LogP contribution in [0.5, 0.6) is 0 Å². The summed E-state index contributed by atoms with van der Waals surface area (Å²) in [7, 11) is 0. The number of amides is 1. The molecule has 0 unspecified atom stereocenters. The standard InChI is InChI=1S/C11H16ClN3O/c1-6(2)9(13)11(16)15-8-4-7(3)10(12)14-5-8/h4-6,9H,13H2,1-3H3,(H,15,16)/t9-/m0/s1. The van der Waals surface area contributed by atoms with Gasteiger partial charge in [0.15, 0.2) is 0 Å². The van der Waals surface area contributed by atoms with Crippen LogP contribution in [0.15, 0.2) is 12.3 Å². The third-order valence-electron chi connectivity index (χ3n) is 2.30. The average molecular weight is 242 g/mol. The van der Waals surface area contributed by atoms with E-state index in [9.17, 15) is 4.79 Å². The molecule has 4 nitrogen and oxygen atoms in total. The number of carbonyl (C=O) groups is 1. The molecule has 0 aromatic carbocycles. The lowest BCUT2D eigenvalue weighted by Crippen LogP contribution is -2.39. The molecule has 1 aromatic heterocycles. The highest BCUT2D eigenvalue weighted by molar-refractivity contribution is 6.30. The van der Waals surface area contributed by atoms with Crippen LogP contribution in [-0.2, 0) is 4.79 Å². The molecular formula is C11H16ClN3O. The van der Waals surface area contributed by atoms with E-state index in [1.54, 1.807) is 6.07 Å². The van der Waals surface area contributed by atoms with Crippen molar-refractivity contribution in [1.29, 1.82) is 0 Å². The zero-order valence-corrected chi connectivity index (χ0v) is 10.4. The van der Waals surface area contributed by atoms with Gasteiger partial charge in [0.1, 0.15) is 5.15 Å². The molecule has 0 saturated heterocycles. The molecule has 0 spiro atoms.